The maximum atomic E-state index is 4.37. The zero-order chi connectivity index (χ0) is 9.80. The van der Waals surface area contributed by atoms with Crippen LogP contribution in [0.15, 0.2) is 17.0 Å². The van der Waals surface area contributed by atoms with Crippen LogP contribution in [0.5, 0.6) is 0 Å². The lowest BCUT2D eigenvalue weighted by Gasteiger charge is -1.98. The molecule has 0 aliphatic heterocycles. The molecule has 0 aliphatic rings. The van der Waals surface area contributed by atoms with E-state index in [1.54, 1.807) is 22.7 Å². The summed E-state index contributed by atoms with van der Waals surface area (Å²) in [6.45, 7) is 3.67. The van der Waals surface area contributed by atoms with Crippen LogP contribution in [0.4, 0.5) is 0 Å². The third-order valence-corrected chi connectivity index (χ3v) is 3.33. The average molecular weight is 225 g/mol. The maximum Gasteiger partial charge on any atom is 0.106 e. The van der Waals surface area contributed by atoms with E-state index in [0.717, 1.165) is 28.8 Å². The second kappa shape index (κ2) is 4.63. The number of aromatic nitrogens is 2. The fourth-order valence-electron chi connectivity index (χ4n) is 1.13. The summed E-state index contributed by atoms with van der Waals surface area (Å²) in [5.74, 6) is 0. The molecule has 2 aromatic heterocycles. The number of nitrogens with zero attached hydrogens (tertiary/aromatic N) is 2. The molecule has 74 valence electrons. The van der Waals surface area contributed by atoms with E-state index < -0.39 is 0 Å². The van der Waals surface area contributed by atoms with Crippen LogP contribution >= 0.6 is 22.7 Å². The number of nitrogens with one attached hydrogen (secondary N) is 1. The van der Waals surface area contributed by atoms with Gasteiger partial charge in [-0.1, -0.05) is 0 Å². The molecule has 14 heavy (non-hydrogen) atoms. The van der Waals surface area contributed by atoms with Crippen molar-refractivity contribution < 1.29 is 0 Å². The first-order valence-corrected chi connectivity index (χ1v) is 6.10. The van der Waals surface area contributed by atoms with Gasteiger partial charge < -0.3 is 5.32 Å². The van der Waals surface area contributed by atoms with E-state index in [1.807, 2.05) is 18.5 Å². The average Bonchev–Trinajstić information content (AvgIpc) is 2.77. The molecular formula is C9H11N3S2. The molecule has 0 radical (unpaired) electrons. The van der Waals surface area contributed by atoms with Gasteiger partial charge in [-0.25, -0.2) is 9.97 Å². The number of hydrogen-bond acceptors (Lipinski definition) is 5. The molecule has 2 aromatic rings. The summed E-state index contributed by atoms with van der Waals surface area (Å²) >= 11 is 3.36. The van der Waals surface area contributed by atoms with Crippen molar-refractivity contribution in [1.82, 2.24) is 15.3 Å². The highest BCUT2D eigenvalue weighted by molar-refractivity contribution is 7.09. The van der Waals surface area contributed by atoms with E-state index in [1.165, 1.54) is 0 Å². The minimum atomic E-state index is 0.823. The second-order valence-electron chi connectivity index (χ2n) is 2.89. The van der Waals surface area contributed by atoms with Crippen LogP contribution in [-0.4, -0.2) is 9.97 Å². The SMILES string of the molecule is Cc1nc(CNCc2nccs2)cs1. The van der Waals surface area contributed by atoms with Crippen molar-refractivity contribution in [1.29, 1.82) is 0 Å². The Balaban J connectivity index is 1.78. The maximum absolute atomic E-state index is 4.37. The third-order valence-electron chi connectivity index (χ3n) is 1.73. The van der Waals surface area contributed by atoms with Gasteiger partial charge in [0.2, 0.25) is 0 Å². The minimum absolute atomic E-state index is 0.823. The monoisotopic (exact) mass is 225 g/mol. The fraction of sp³-hybridized carbons (Fsp3) is 0.333. The molecule has 0 saturated carbocycles. The number of rotatable bonds is 4. The number of thiazole rings is 2. The van der Waals surface area contributed by atoms with Gasteiger partial charge in [0.1, 0.15) is 5.01 Å². The van der Waals surface area contributed by atoms with Gasteiger partial charge in [-0.15, -0.1) is 22.7 Å². The van der Waals surface area contributed by atoms with Crippen molar-refractivity contribution in [3.05, 3.63) is 32.7 Å². The van der Waals surface area contributed by atoms with E-state index >= 15 is 0 Å². The normalized spacial score (nSPS) is 10.6. The van der Waals surface area contributed by atoms with E-state index in [-0.39, 0.29) is 0 Å². The van der Waals surface area contributed by atoms with Gasteiger partial charge >= 0.3 is 0 Å². The lowest BCUT2D eigenvalue weighted by Crippen LogP contribution is -2.12. The third kappa shape index (κ3) is 2.60. The first-order chi connectivity index (χ1) is 6.84. The Kier molecular flexibility index (Phi) is 3.23. The first kappa shape index (κ1) is 9.76. The Morgan fingerprint density at radius 2 is 2.29 bits per heavy atom. The van der Waals surface area contributed by atoms with Crippen LogP contribution in [0.25, 0.3) is 0 Å². The molecule has 5 heteroatoms. The summed E-state index contributed by atoms with van der Waals surface area (Å²) < 4.78 is 0. The minimum Gasteiger partial charge on any atom is -0.305 e. The second-order valence-corrected chi connectivity index (χ2v) is 4.93. The molecule has 1 N–H and O–H groups in total. The van der Waals surface area contributed by atoms with Gasteiger partial charge in [-0.2, -0.15) is 0 Å². The van der Waals surface area contributed by atoms with E-state index in [2.05, 4.69) is 20.7 Å². The lowest BCUT2D eigenvalue weighted by atomic mass is 10.5. The lowest BCUT2D eigenvalue weighted by molar-refractivity contribution is 0.678. The Morgan fingerprint density at radius 3 is 2.93 bits per heavy atom. The number of aryl methyl sites for hydroxylation is 1. The molecule has 0 aromatic carbocycles. The van der Waals surface area contributed by atoms with E-state index in [4.69, 9.17) is 0 Å². The molecule has 0 unspecified atom stereocenters. The van der Waals surface area contributed by atoms with Gasteiger partial charge in [0, 0.05) is 30.0 Å². The Hall–Kier alpha value is -0.780. The molecule has 2 rings (SSSR count). The Bertz CT molecular complexity index is 380. The van der Waals surface area contributed by atoms with Crippen molar-refractivity contribution in [2.45, 2.75) is 20.0 Å². The molecular weight excluding hydrogens is 214 g/mol. The molecule has 2 heterocycles. The molecule has 0 atom stereocenters. The highest BCUT2D eigenvalue weighted by Gasteiger charge is 1.98. The highest BCUT2D eigenvalue weighted by Crippen LogP contribution is 2.08. The van der Waals surface area contributed by atoms with Crippen LogP contribution in [0, 0.1) is 6.92 Å². The highest BCUT2D eigenvalue weighted by atomic mass is 32.1. The summed E-state index contributed by atoms with van der Waals surface area (Å²) in [7, 11) is 0. The van der Waals surface area contributed by atoms with Crippen molar-refractivity contribution in [3.8, 4) is 0 Å². The zero-order valence-corrected chi connectivity index (χ0v) is 9.49. The fourth-order valence-corrected chi connectivity index (χ4v) is 2.33. The van der Waals surface area contributed by atoms with Crippen molar-refractivity contribution in [3.63, 3.8) is 0 Å². The Morgan fingerprint density at radius 1 is 1.36 bits per heavy atom. The largest absolute Gasteiger partial charge is 0.305 e. The van der Waals surface area contributed by atoms with Crippen LogP contribution < -0.4 is 5.32 Å². The number of hydrogen-bond donors (Lipinski definition) is 1. The van der Waals surface area contributed by atoms with Crippen LogP contribution in [0.2, 0.25) is 0 Å². The van der Waals surface area contributed by atoms with Crippen molar-refractivity contribution in [2.24, 2.45) is 0 Å². The molecule has 0 spiro atoms. The molecule has 3 nitrogen and oxygen atoms in total. The quantitative estimate of drug-likeness (QED) is 0.867. The first-order valence-electron chi connectivity index (χ1n) is 4.34. The molecule has 0 aliphatic carbocycles. The van der Waals surface area contributed by atoms with E-state index in [9.17, 15) is 0 Å². The summed E-state index contributed by atoms with van der Waals surface area (Å²) in [4.78, 5) is 8.56. The van der Waals surface area contributed by atoms with Gasteiger partial charge in [-0.05, 0) is 6.92 Å². The topological polar surface area (TPSA) is 37.8 Å². The standard InChI is InChI=1S/C9H11N3S2/c1-7-12-8(6-14-7)4-10-5-9-11-2-3-13-9/h2-3,6,10H,4-5H2,1H3. The predicted molar refractivity (Wildman–Crippen MR) is 59.5 cm³/mol. The molecule has 0 bridgehead atoms. The van der Waals surface area contributed by atoms with Gasteiger partial charge in [0.05, 0.1) is 10.7 Å². The zero-order valence-electron chi connectivity index (χ0n) is 7.86. The molecule has 0 amide bonds. The van der Waals surface area contributed by atoms with Gasteiger partial charge in [0.25, 0.3) is 0 Å². The van der Waals surface area contributed by atoms with Crippen LogP contribution in [-0.2, 0) is 13.1 Å². The Labute approximate surface area is 90.9 Å². The van der Waals surface area contributed by atoms with E-state index in [0.29, 0.717) is 0 Å². The van der Waals surface area contributed by atoms with Crippen molar-refractivity contribution in [2.75, 3.05) is 0 Å². The molecule has 0 saturated heterocycles. The summed E-state index contributed by atoms with van der Waals surface area (Å²) in [5, 5.41) is 9.63. The smallest absolute Gasteiger partial charge is 0.106 e. The predicted octanol–water partition coefficient (Wildman–Crippen LogP) is 2.20. The van der Waals surface area contributed by atoms with Crippen LogP contribution in [0.1, 0.15) is 15.7 Å². The van der Waals surface area contributed by atoms with Gasteiger partial charge in [0.15, 0.2) is 0 Å². The van der Waals surface area contributed by atoms with Crippen LogP contribution in [0.3, 0.4) is 0 Å². The molecule has 0 fully saturated rings. The van der Waals surface area contributed by atoms with Gasteiger partial charge in [-0.3, -0.25) is 0 Å². The summed E-state index contributed by atoms with van der Waals surface area (Å²) in [5.41, 5.74) is 1.11. The van der Waals surface area contributed by atoms with Crippen molar-refractivity contribution >= 4 is 22.7 Å². The summed E-state index contributed by atoms with van der Waals surface area (Å²) in [6, 6.07) is 0. The summed E-state index contributed by atoms with van der Waals surface area (Å²) in [6.07, 6.45) is 1.83.